The zero-order valence-corrected chi connectivity index (χ0v) is 27.1. The Bertz CT molecular complexity index is 808. The van der Waals surface area contributed by atoms with Gasteiger partial charge >= 0.3 is 0 Å². The van der Waals surface area contributed by atoms with Crippen LogP contribution in [0.25, 0.3) is 6.08 Å². The highest BCUT2D eigenvalue weighted by molar-refractivity contribution is 5.87. The summed E-state index contributed by atoms with van der Waals surface area (Å²) in [6, 6.07) is 5.63. The number of amides is 2. The van der Waals surface area contributed by atoms with E-state index < -0.39 is 6.04 Å². The fraction of sp³-hybridized carbons (Fsp3) is 0.750. The minimum absolute atomic E-state index is 0.0274. The van der Waals surface area contributed by atoms with Crippen LogP contribution in [0.4, 0.5) is 0 Å². The molecule has 0 spiro atoms. The normalized spacial score (nSPS) is 11.9. The van der Waals surface area contributed by atoms with E-state index in [-0.39, 0.29) is 17.7 Å². The number of rotatable bonds is 27. The predicted molar refractivity (Wildman–Crippen MR) is 175 cm³/mol. The Morgan fingerprint density at radius 3 is 1.85 bits per heavy atom. The third-order valence-electron chi connectivity index (χ3n) is 8.08. The lowest BCUT2D eigenvalue weighted by Crippen LogP contribution is -2.49. The largest absolute Gasteiger partial charge is 0.354 e. The summed E-state index contributed by atoms with van der Waals surface area (Å²) in [6.45, 7) is 11.7. The van der Waals surface area contributed by atoms with Gasteiger partial charge in [0.2, 0.25) is 17.5 Å². The van der Waals surface area contributed by atoms with Crippen LogP contribution in [0.3, 0.4) is 0 Å². The lowest BCUT2D eigenvalue weighted by atomic mass is 10.0. The Kier molecular flexibility index (Phi) is 23.0. The van der Waals surface area contributed by atoms with E-state index in [1.54, 1.807) is 0 Å². The molecule has 1 heterocycles. The van der Waals surface area contributed by atoms with Crippen LogP contribution in [0.2, 0.25) is 0 Å². The highest BCUT2D eigenvalue weighted by Gasteiger charge is 2.23. The summed E-state index contributed by atoms with van der Waals surface area (Å²) in [5, 5.41) is 6.04. The number of unbranched alkanes of at least 4 members (excludes halogenated alkanes) is 17. The van der Waals surface area contributed by atoms with E-state index in [0.29, 0.717) is 13.0 Å². The van der Waals surface area contributed by atoms with Gasteiger partial charge in [-0.1, -0.05) is 124 Å². The second-order valence-electron chi connectivity index (χ2n) is 12.2. The quantitative estimate of drug-likeness (QED) is 0.0821. The Morgan fingerprint density at radius 1 is 0.780 bits per heavy atom. The van der Waals surface area contributed by atoms with Crippen LogP contribution in [-0.2, 0) is 16.1 Å². The smallest absolute Gasteiger partial charge is 0.242 e. The first-order valence-corrected chi connectivity index (χ1v) is 17.2. The van der Waals surface area contributed by atoms with E-state index in [1.807, 2.05) is 32.1 Å². The number of carbonyl (C=O) groups excluding carboxylic acids is 2. The van der Waals surface area contributed by atoms with Crippen LogP contribution < -0.4 is 15.2 Å². The van der Waals surface area contributed by atoms with Crippen LogP contribution in [0.5, 0.6) is 0 Å². The molecule has 2 N–H and O–H groups in total. The minimum atomic E-state index is -0.460. The van der Waals surface area contributed by atoms with Crippen LogP contribution in [0.1, 0.15) is 155 Å². The van der Waals surface area contributed by atoms with Crippen molar-refractivity contribution in [3.8, 4) is 0 Å². The molecule has 0 aliphatic carbocycles. The molecule has 0 aliphatic rings. The number of aromatic nitrogens is 1. The first-order valence-electron chi connectivity index (χ1n) is 17.2. The van der Waals surface area contributed by atoms with Crippen LogP contribution in [0, 0.1) is 5.92 Å². The van der Waals surface area contributed by atoms with Crippen LogP contribution >= 0.6 is 0 Å². The number of pyridine rings is 1. The monoisotopic (exact) mass is 570 g/mol. The maximum atomic E-state index is 12.7. The SMILES string of the molecule is C=Cc1cccc[n+]1CCCCCC(=O)N[C@H](C(=O)NCCCCCCCCCCCCCCCCCC)C(C)C. The Balaban J connectivity index is 2.02. The maximum Gasteiger partial charge on any atom is 0.242 e. The molecule has 0 fully saturated rings. The molecule has 0 radical (unpaired) electrons. The topological polar surface area (TPSA) is 62.1 Å². The van der Waals surface area contributed by atoms with Crippen molar-refractivity contribution in [2.24, 2.45) is 5.92 Å². The van der Waals surface area contributed by atoms with Gasteiger partial charge in [-0.25, -0.2) is 0 Å². The number of hydrogen-bond acceptors (Lipinski definition) is 2. The molecule has 41 heavy (non-hydrogen) atoms. The van der Waals surface area contributed by atoms with Gasteiger partial charge in [0.25, 0.3) is 0 Å². The maximum absolute atomic E-state index is 12.7. The van der Waals surface area contributed by atoms with E-state index in [9.17, 15) is 9.59 Å². The molecular formula is C36H64N3O2+. The zero-order valence-electron chi connectivity index (χ0n) is 27.1. The molecule has 0 saturated heterocycles. The van der Waals surface area contributed by atoms with Gasteiger partial charge in [-0.15, -0.1) is 0 Å². The van der Waals surface area contributed by atoms with E-state index in [0.717, 1.165) is 44.3 Å². The van der Waals surface area contributed by atoms with E-state index in [1.165, 1.54) is 89.9 Å². The van der Waals surface area contributed by atoms with Crippen molar-refractivity contribution in [2.75, 3.05) is 6.54 Å². The van der Waals surface area contributed by atoms with Gasteiger partial charge in [-0.3, -0.25) is 9.59 Å². The molecule has 5 heteroatoms. The van der Waals surface area contributed by atoms with Gasteiger partial charge in [0, 0.05) is 37.6 Å². The van der Waals surface area contributed by atoms with Crippen molar-refractivity contribution in [1.29, 1.82) is 0 Å². The Morgan fingerprint density at radius 2 is 1.32 bits per heavy atom. The third-order valence-corrected chi connectivity index (χ3v) is 8.08. The molecule has 1 rings (SSSR count). The number of aryl methyl sites for hydroxylation is 1. The van der Waals surface area contributed by atoms with Gasteiger partial charge in [0.1, 0.15) is 12.6 Å². The molecule has 0 unspecified atom stereocenters. The van der Waals surface area contributed by atoms with Gasteiger partial charge < -0.3 is 10.6 Å². The second kappa shape index (κ2) is 25.5. The molecule has 1 atom stereocenters. The second-order valence-corrected chi connectivity index (χ2v) is 12.2. The molecule has 0 aliphatic heterocycles. The van der Waals surface area contributed by atoms with Gasteiger partial charge in [0.05, 0.1) is 0 Å². The van der Waals surface area contributed by atoms with E-state index in [2.05, 4.69) is 41.0 Å². The molecular weight excluding hydrogens is 506 g/mol. The molecule has 0 bridgehead atoms. The lowest BCUT2D eigenvalue weighted by molar-refractivity contribution is -0.699. The predicted octanol–water partition coefficient (Wildman–Crippen LogP) is 8.70. The molecule has 234 valence electrons. The number of hydrogen-bond donors (Lipinski definition) is 2. The van der Waals surface area contributed by atoms with Crippen LogP contribution in [-0.4, -0.2) is 24.4 Å². The van der Waals surface area contributed by atoms with E-state index in [4.69, 9.17) is 0 Å². The standard InChI is InChI=1S/C36H63N3O2/c1-5-7-8-9-10-11-12-13-14-15-16-17-18-19-20-24-29-37-36(41)35(32(3)4)38-34(40)28-22-21-25-30-39-31-26-23-27-33(39)6-2/h6,23,26-27,31-32,35H,2,5,7-22,24-25,28-30H2,1,3-4H3,(H-,37,38,40,41)/p+1/t35-/m0/s1. The molecule has 1 aromatic rings. The number of nitrogens with zero attached hydrogens (tertiary/aromatic N) is 1. The summed E-state index contributed by atoms with van der Waals surface area (Å²) >= 11 is 0. The highest BCUT2D eigenvalue weighted by atomic mass is 16.2. The molecule has 0 saturated carbocycles. The molecule has 1 aromatic heterocycles. The Labute approximate surface area is 253 Å². The van der Waals surface area contributed by atoms with Crippen molar-refractivity contribution in [1.82, 2.24) is 10.6 Å². The summed E-state index contributed by atoms with van der Waals surface area (Å²) in [5.41, 5.74) is 1.11. The first-order chi connectivity index (χ1) is 20.0. The number of nitrogens with one attached hydrogen (secondary N) is 2. The fourth-order valence-electron chi connectivity index (χ4n) is 5.40. The summed E-state index contributed by atoms with van der Waals surface area (Å²) in [4.78, 5) is 25.3. The average molecular weight is 571 g/mol. The van der Waals surface area contributed by atoms with Gasteiger partial charge in [-0.2, -0.15) is 4.57 Å². The van der Waals surface area contributed by atoms with Gasteiger partial charge in [0.15, 0.2) is 6.20 Å². The highest BCUT2D eigenvalue weighted by Crippen LogP contribution is 2.14. The van der Waals surface area contributed by atoms with E-state index >= 15 is 0 Å². The summed E-state index contributed by atoms with van der Waals surface area (Å²) in [7, 11) is 0. The van der Waals surface area contributed by atoms with Crippen molar-refractivity contribution in [3.05, 3.63) is 36.7 Å². The van der Waals surface area contributed by atoms with Gasteiger partial charge in [-0.05, 0) is 31.2 Å². The van der Waals surface area contributed by atoms with Crippen molar-refractivity contribution in [3.63, 3.8) is 0 Å². The van der Waals surface area contributed by atoms with Crippen molar-refractivity contribution < 1.29 is 14.2 Å². The Hall–Kier alpha value is -2.17. The first kappa shape index (κ1) is 36.9. The van der Waals surface area contributed by atoms with Crippen molar-refractivity contribution >= 4 is 17.9 Å². The average Bonchev–Trinajstić information content (AvgIpc) is 2.97. The minimum Gasteiger partial charge on any atom is -0.354 e. The summed E-state index contributed by atoms with van der Waals surface area (Å²) in [5.74, 6) is -0.0105. The molecule has 2 amide bonds. The lowest BCUT2D eigenvalue weighted by Gasteiger charge is -2.21. The summed E-state index contributed by atoms with van der Waals surface area (Å²) in [6.07, 6.45) is 28.7. The third kappa shape index (κ3) is 19.6. The summed E-state index contributed by atoms with van der Waals surface area (Å²) < 4.78 is 2.19. The molecule has 5 nitrogen and oxygen atoms in total. The number of carbonyl (C=O) groups is 2. The fourth-order valence-corrected chi connectivity index (χ4v) is 5.40. The molecule has 0 aromatic carbocycles. The zero-order chi connectivity index (χ0) is 30.0. The van der Waals surface area contributed by atoms with Crippen molar-refractivity contribution in [2.45, 2.75) is 162 Å². The van der Waals surface area contributed by atoms with Crippen LogP contribution in [0.15, 0.2) is 31.0 Å².